The van der Waals surface area contributed by atoms with E-state index in [1.54, 1.807) is 0 Å². The maximum Gasteiger partial charge on any atom is 0.556 e. The molecule has 104 valence electrons. The zero-order chi connectivity index (χ0) is 14.1. The lowest BCUT2D eigenvalue weighted by atomic mass is 10.7. The SMILES string of the molecule is CN(CCO[P+](=N)OCCN(C)[N+](=O)[O-])[N+](=O)[O-]. The van der Waals surface area contributed by atoms with Crippen LogP contribution in [0.4, 0.5) is 0 Å². The van der Waals surface area contributed by atoms with Crippen LogP contribution in [0.25, 0.3) is 0 Å². The molecule has 1 N–H and O–H groups in total. The van der Waals surface area contributed by atoms with Gasteiger partial charge in [0.05, 0.1) is 14.1 Å². The van der Waals surface area contributed by atoms with Crippen molar-refractivity contribution >= 4 is 8.17 Å². The average Bonchev–Trinajstić information content (AvgIpc) is 2.28. The van der Waals surface area contributed by atoms with Gasteiger partial charge in [-0.1, -0.05) is 5.16 Å². The molecule has 0 aliphatic heterocycles. The third kappa shape index (κ3) is 7.65. The summed E-state index contributed by atoms with van der Waals surface area (Å²) in [7, 11) is 0.631. The Hall–Kier alpha value is -1.58. The van der Waals surface area contributed by atoms with Crippen LogP contribution in [0.3, 0.4) is 0 Å². The highest BCUT2D eigenvalue weighted by molar-refractivity contribution is 7.34. The first-order valence-corrected chi connectivity index (χ1v) is 6.00. The number of likely N-dealkylation sites (N-methyl/N-ethyl adjacent to an activating group) is 2. The lowest BCUT2D eigenvalue weighted by Gasteiger charge is -2.05. The van der Waals surface area contributed by atoms with Crippen LogP contribution < -0.4 is 0 Å². The van der Waals surface area contributed by atoms with Crippen molar-refractivity contribution in [3.8, 4) is 0 Å². The number of nitro groups is 2. The van der Waals surface area contributed by atoms with Crippen LogP contribution in [0.5, 0.6) is 0 Å². The second-order valence-corrected chi connectivity index (χ2v) is 4.19. The van der Waals surface area contributed by atoms with Gasteiger partial charge in [0.2, 0.25) is 0 Å². The standard InChI is InChI=1S/C6H15N5O6P/c1-8(10(12)13)3-5-16-18(7)17-6-4-9(2)11(14)15/h7H,3-6H2,1-2H3/q+1. The van der Waals surface area contributed by atoms with Crippen molar-refractivity contribution in [1.82, 2.24) is 10.0 Å². The minimum absolute atomic E-state index is 0.0161. The number of rotatable bonds is 10. The summed E-state index contributed by atoms with van der Waals surface area (Å²) in [5, 5.41) is 28.2. The zero-order valence-corrected chi connectivity index (χ0v) is 10.9. The van der Waals surface area contributed by atoms with Gasteiger partial charge in [0.15, 0.2) is 10.1 Å². The maximum atomic E-state index is 10.2. The first-order valence-electron chi connectivity index (χ1n) is 4.82. The molecule has 0 aromatic carbocycles. The molecule has 12 heteroatoms. The number of nitrogens with one attached hydrogen (secondary N) is 1. The molecule has 0 unspecified atom stereocenters. The molecular weight excluding hydrogens is 269 g/mol. The predicted octanol–water partition coefficient (Wildman–Crippen LogP) is 0.341. The summed E-state index contributed by atoms with van der Waals surface area (Å²) >= 11 is 0. The Morgan fingerprint density at radius 3 is 1.67 bits per heavy atom. The lowest BCUT2D eigenvalue weighted by molar-refractivity contribution is -0.649. The highest BCUT2D eigenvalue weighted by Crippen LogP contribution is 2.23. The van der Waals surface area contributed by atoms with E-state index in [0.29, 0.717) is 0 Å². The second-order valence-electron chi connectivity index (χ2n) is 3.16. The van der Waals surface area contributed by atoms with Gasteiger partial charge < -0.3 is 0 Å². The van der Waals surface area contributed by atoms with Crippen LogP contribution in [-0.2, 0) is 9.05 Å². The maximum absolute atomic E-state index is 10.2. The molecule has 0 aliphatic rings. The summed E-state index contributed by atoms with van der Waals surface area (Å²) in [6.45, 7) is 0.0290. The molecule has 0 saturated heterocycles. The molecule has 0 atom stereocenters. The van der Waals surface area contributed by atoms with Crippen molar-refractivity contribution < 1.29 is 19.1 Å². The molecule has 0 spiro atoms. The molecule has 0 radical (unpaired) electrons. The molecule has 0 aromatic rings. The first kappa shape index (κ1) is 16.4. The van der Waals surface area contributed by atoms with Gasteiger partial charge in [-0.15, -0.1) is 19.1 Å². The fourth-order valence-electron chi connectivity index (χ4n) is 0.712. The highest BCUT2D eigenvalue weighted by Gasteiger charge is 2.18. The van der Waals surface area contributed by atoms with E-state index in [1.165, 1.54) is 14.1 Å². The van der Waals surface area contributed by atoms with Crippen LogP contribution in [0.2, 0.25) is 0 Å². The monoisotopic (exact) mass is 284 g/mol. The third-order valence-electron chi connectivity index (χ3n) is 1.80. The van der Waals surface area contributed by atoms with Gasteiger partial charge in [-0.2, -0.15) is 0 Å². The van der Waals surface area contributed by atoms with Crippen molar-refractivity contribution in [2.24, 2.45) is 0 Å². The Balaban J connectivity index is 3.61. The molecule has 0 fully saturated rings. The normalized spacial score (nSPS) is 9.89. The minimum Gasteiger partial charge on any atom is -0.235 e. The number of hydrazine groups is 2. The fraction of sp³-hybridized carbons (Fsp3) is 1.00. The topological polar surface area (TPSA) is 135 Å². The molecule has 0 amide bonds. The van der Waals surface area contributed by atoms with E-state index in [2.05, 4.69) is 0 Å². The van der Waals surface area contributed by atoms with Crippen LogP contribution in [-0.4, -0.2) is 60.5 Å². The quantitative estimate of drug-likeness (QED) is 0.344. The van der Waals surface area contributed by atoms with E-state index >= 15 is 0 Å². The van der Waals surface area contributed by atoms with Crippen LogP contribution in [0, 0.1) is 25.4 Å². The largest absolute Gasteiger partial charge is 0.556 e. The summed E-state index contributed by atoms with van der Waals surface area (Å²) in [5.41, 5.74) is 0. The van der Waals surface area contributed by atoms with E-state index < -0.39 is 18.2 Å². The average molecular weight is 284 g/mol. The summed E-state index contributed by atoms with van der Waals surface area (Å²) in [6.07, 6.45) is 0. The Morgan fingerprint density at radius 1 is 1.06 bits per heavy atom. The zero-order valence-electron chi connectivity index (χ0n) is 10.0. The molecular formula is C6H15N5O6P+. The highest BCUT2D eigenvalue weighted by atomic mass is 31.1. The summed E-state index contributed by atoms with van der Waals surface area (Å²) in [4.78, 5) is 20.4. The van der Waals surface area contributed by atoms with E-state index in [9.17, 15) is 20.2 Å². The van der Waals surface area contributed by atoms with Crippen molar-refractivity contribution in [1.29, 1.82) is 5.16 Å². The molecule has 0 rings (SSSR count). The van der Waals surface area contributed by atoms with Crippen molar-refractivity contribution in [3.05, 3.63) is 20.2 Å². The second kappa shape index (κ2) is 8.50. The summed E-state index contributed by atoms with van der Waals surface area (Å²) in [5.74, 6) is 0. The predicted molar refractivity (Wildman–Crippen MR) is 60.8 cm³/mol. The Kier molecular flexibility index (Phi) is 7.76. The van der Waals surface area contributed by atoms with Crippen molar-refractivity contribution in [3.63, 3.8) is 0 Å². The smallest absolute Gasteiger partial charge is 0.235 e. The molecule has 0 saturated carbocycles. The Labute approximate surface area is 104 Å². The molecule has 0 heterocycles. The number of hydrogen-bond donors (Lipinski definition) is 1. The molecule has 18 heavy (non-hydrogen) atoms. The van der Waals surface area contributed by atoms with Gasteiger partial charge in [0.1, 0.15) is 26.3 Å². The summed E-state index contributed by atoms with van der Waals surface area (Å²) in [6, 6.07) is 0. The van der Waals surface area contributed by atoms with Gasteiger partial charge in [-0.05, 0) is 0 Å². The summed E-state index contributed by atoms with van der Waals surface area (Å²) < 4.78 is 9.76. The fourth-order valence-corrected chi connectivity index (χ4v) is 1.28. The van der Waals surface area contributed by atoms with E-state index in [1.807, 2.05) is 0 Å². The number of nitrogens with zero attached hydrogens (tertiary/aromatic N) is 4. The third-order valence-corrected chi connectivity index (χ3v) is 2.64. The van der Waals surface area contributed by atoms with Crippen LogP contribution in [0.1, 0.15) is 0 Å². The van der Waals surface area contributed by atoms with Crippen molar-refractivity contribution in [2.45, 2.75) is 0 Å². The Bertz CT molecular complexity index is 287. The van der Waals surface area contributed by atoms with Gasteiger partial charge in [0.25, 0.3) is 0 Å². The minimum atomic E-state index is -1.93. The van der Waals surface area contributed by atoms with E-state index in [-0.39, 0.29) is 26.3 Å². The Morgan fingerprint density at radius 2 is 1.39 bits per heavy atom. The van der Waals surface area contributed by atoms with Gasteiger partial charge in [0, 0.05) is 0 Å². The van der Waals surface area contributed by atoms with E-state index in [0.717, 1.165) is 10.0 Å². The van der Waals surface area contributed by atoms with Crippen molar-refractivity contribution in [2.75, 3.05) is 40.4 Å². The van der Waals surface area contributed by atoms with Crippen LogP contribution in [0.15, 0.2) is 0 Å². The van der Waals surface area contributed by atoms with Crippen LogP contribution >= 0.6 is 8.17 Å². The van der Waals surface area contributed by atoms with Gasteiger partial charge in [-0.25, -0.2) is 20.2 Å². The van der Waals surface area contributed by atoms with E-state index in [4.69, 9.17) is 14.2 Å². The molecule has 11 nitrogen and oxygen atoms in total. The molecule has 0 aromatic heterocycles. The molecule has 0 bridgehead atoms. The number of hydrogen-bond acceptors (Lipinski definition) is 7. The van der Waals surface area contributed by atoms with Gasteiger partial charge in [-0.3, -0.25) is 0 Å². The molecule has 0 aliphatic carbocycles. The first-order chi connectivity index (χ1) is 8.34. The van der Waals surface area contributed by atoms with Gasteiger partial charge >= 0.3 is 8.17 Å². The lowest BCUT2D eigenvalue weighted by Crippen LogP contribution is -2.29.